The summed E-state index contributed by atoms with van der Waals surface area (Å²) >= 11 is 4.27. The number of rotatable bonds is 4. The second kappa shape index (κ2) is 4.85. The molecule has 0 saturated heterocycles. The largest absolute Gasteiger partial charge is 0.302 e. The lowest BCUT2D eigenvalue weighted by molar-refractivity contribution is -0.388. The van der Waals surface area contributed by atoms with Crippen LogP contribution in [0, 0.1) is 10.1 Å². The minimum absolute atomic E-state index is 0.0651. The van der Waals surface area contributed by atoms with E-state index in [0.717, 1.165) is 24.6 Å². The van der Waals surface area contributed by atoms with Crippen LogP contribution in [-0.2, 0) is 0 Å². The van der Waals surface area contributed by atoms with E-state index in [1.54, 1.807) is 4.68 Å². The van der Waals surface area contributed by atoms with Crippen molar-refractivity contribution in [2.45, 2.75) is 29.1 Å². The molecule has 1 fully saturated rings. The highest BCUT2D eigenvalue weighted by Gasteiger charge is 2.29. The van der Waals surface area contributed by atoms with E-state index in [0.29, 0.717) is 15.7 Å². The molecule has 2 aromatic rings. The zero-order valence-corrected chi connectivity index (χ0v) is 11.8. The molecule has 1 aliphatic rings. The Balaban J connectivity index is 1.94. The number of nitrogens with zero attached hydrogens (tertiary/aromatic N) is 6. The molecule has 0 unspecified atom stereocenters. The van der Waals surface area contributed by atoms with Crippen LogP contribution < -0.4 is 0 Å². The van der Waals surface area contributed by atoms with Crippen LogP contribution in [0.1, 0.15) is 18.9 Å². The smallest absolute Gasteiger partial charge is 0.258 e. The first-order chi connectivity index (χ1) is 9.15. The van der Waals surface area contributed by atoms with E-state index in [2.05, 4.69) is 36.4 Å². The van der Waals surface area contributed by atoms with E-state index < -0.39 is 4.92 Å². The Bertz CT molecular complexity index is 643. The van der Waals surface area contributed by atoms with Gasteiger partial charge in [0.1, 0.15) is 0 Å². The highest BCUT2D eigenvalue weighted by Crippen LogP contribution is 2.39. The summed E-state index contributed by atoms with van der Waals surface area (Å²) in [6, 6.07) is 1.73. The molecule has 0 bridgehead atoms. The van der Waals surface area contributed by atoms with Crippen LogP contribution in [0.2, 0.25) is 0 Å². The Morgan fingerprint density at radius 2 is 2.32 bits per heavy atom. The molecule has 1 aliphatic carbocycles. The molecule has 3 rings (SSSR count). The summed E-state index contributed by atoms with van der Waals surface area (Å²) in [5.41, 5.74) is -0.0651. The average molecular weight is 343 g/mol. The number of hydrogen-bond acceptors (Lipinski definition) is 7. The van der Waals surface area contributed by atoms with Crippen LogP contribution in [0.15, 0.2) is 26.9 Å². The van der Waals surface area contributed by atoms with Gasteiger partial charge >= 0.3 is 5.69 Å². The van der Waals surface area contributed by atoms with Crippen LogP contribution >= 0.6 is 27.7 Å². The maximum absolute atomic E-state index is 11.0. The van der Waals surface area contributed by atoms with Crippen LogP contribution in [0.25, 0.3) is 0 Å². The van der Waals surface area contributed by atoms with E-state index in [4.69, 9.17) is 0 Å². The van der Waals surface area contributed by atoms with Gasteiger partial charge in [-0.15, -0.1) is 5.10 Å². The first kappa shape index (κ1) is 12.5. The molecule has 10 heteroatoms. The third kappa shape index (κ3) is 2.59. The number of tetrazole rings is 1. The van der Waals surface area contributed by atoms with Crippen molar-refractivity contribution in [3.8, 4) is 0 Å². The Morgan fingerprint density at radius 1 is 1.53 bits per heavy atom. The van der Waals surface area contributed by atoms with Crippen molar-refractivity contribution in [3.05, 3.63) is 26.9 Å². The third-order valence-electron chi connectivity index (χ3n) is 2.54. The molecular weight excluding hydrogens is 336 g/mol. The van der Waals surface area contributed by atoms with Crippen LogP contribution in [0.3, 0.4) is 0 Å². The molecule has 8 nitrogen and oxygen atoms in total. The van der Waals surface area contributed by atoms with Crippen molar-refractivity contribution in [2.24, 2.45) is 0 Å². The molecular formula is C9H7BrN6O2S. The van der Waals surface area contributed by atoms with Crippen molar-refractivity contribution in [2.75, 3.05) is 0 Å². The lowest BCUT2D eigenvalue weighted by Gasteiger charge is -2.02. The van der Waals surface area contributed by atoms with E-state index in [-0.39, 0.29) is 10.7 Å². The molecule has 0 aromatic carbocycles. The van der Waals surface area contributed by atoms with Crippen LogP contribution in [0.5, 0.6) is 0 Å². The molecule has 0 radical (unpaired) electrons. The van der Waals surface area contributed by atoms with Crippen molar-refractivity contribution in [1.29, 1.82) is 0 Å². The number of aromatic nitrogens is 5. The maximum Gasteiger partial charge on any atom is 0.302 e. The fourth-order valence-electron chi connectivity index (χ4n) is 1.51. The van der Waals surface area contributed by atoms with Crippen molar-refractivity contribution < 1.29 is 4.92 Å². The van der Waals surface area contributed by atoms with Crippen molar-refractivity contribution in [1.82, 2.24) is 25.2 Å². The van der Waals surface area contributed by atoms with E-state index >= 15 is 0 Å². The highest BCUT2D eigenvalue weighted by atomic mass is 79.9. The molecule has 98 valence electrons. The molecule has 0 N–H and O–H groups in total. The van der Waals surface area contributed by atoms with Gasteiger partial charge in [-0.1, -0.05) is 0 Å². The summed E-state index contributed by atoms with van der Waals surface area (Å²) in [4.78, 5) is 14.6. The van der Waals surface area contributed by atoms with Gasteiger partial charge in [-0.2, -0.15) is 0 Å². The highest BCUT2D eigenvalue weighted by molar-refractivity contribution is 9.10. The summed E-state index contributed by atoms with van der Waals surface area (Å²) in [5.74, 6) is 0. The zero-order valence-electron chi connectivity index (χ0n) is 9.43. The van der Waals surface area contributed by atoms with Gasteiger partial charge in [0.15, 0.2) is 5.03 Å². The van der Waals surface area contributed by atoms with Gasteiger partial charge in [-0.05, 0) is 51.0 Å². The SMILES string of the molecule is O=[N+]([O-])c1cc(Br)cnc1Sc1nnnn1C1CC1. The van der Waals surface area contributed by atoms with E-state index in [1.807, 2.05) is 0 Å². The fourth-order valence-corrected chi connectivity index (χ4v) is 2.70. The molecule has 0 atom stereocenters. The standard InChI is InChI=1S/C9H7BrN6O2S/c10-5-3-7(16(17)18)8(11-4-5)19-9-12-13-14-15(9)6-1-2-6/h3-4,6H,1-2H2. The van der Waals surface area contributed by atoms with Crippen LogP contribution in [-0.4, -0.2) is 30.1 Å². The fraction of sp³-hybridized carbons (Fsp3) is 0.333. The average Bonchev–Trinajstić information content (AvgIpc) is 3.12. The molecule has 2 aromatic heterocycles. The summed E-state index contributed by atoms with van der Waals surface area (Å²) < 4.78 is 2.25. The first-order valence-corrected chi connectivity index (χ1v) is 7.02. The second-order valence-electron chi connectivity index (χ2n) is 3.97. The number of halogens is 1. The van der Waals surface area contributed by atoms with Crippen molar-refractivity contribution in [3.63, 3.8) is 0 Å². The van der Waals surface area contributed by atoms with Gasteiger partial charge in [0, 0.05) is 16.7 Å². The quantitative estimate of drug-likeness (QED) is 0.620. The minimum atomic E-state index is -0.467. The molecule has 0 spiro atoms. The van der Waals surface area contributed by atoms with Gasteiger partial charge in [0.25, 0.3) is 0 Å². The van der Waals surface area contributed by atoms with Gasteiger partial charge < -0.3 is 0 Å². The predicted octanol–water partition coefficient (Wildman–Crippen LogP) is 2.22. The summed E-state index contributed by atoms with van der Waals surface area (Å²) in [6.07, 6.45) is 3.59. The Kier molecular flexibility index (Phi) is 3.19. The van der Waals surface area contributed by atoms with Gasteiger partial charge in [-0.25, -0.2) is 9.67 Å². The number of hydrogen-bond donors (Lipinski definition) is 0. The lowest BCUT2D eigenvalue weighted by atomic mass is 10.4. The van der Waals surface area contributed by atoms with Crippen LogP contribution in [0.4, 0.5) is 5.69 Å². The molecule has 1 saturated carbocycles. The normalized spacial score (nSPS) is 14.6. The predicted molar refractivity (Wildman–Crippen MR) is 68.8 cm³/mol. The maximum atomic E-state index is 11.0. The first-order valence-electron chi connectivity index (χ1n) is 5.41. The van der Waals surface area contributed by atoms with Crippen molar-refractivity contribution >= 4 is 33.4 Å². The molecule has 0 aliphatic heterocycles. The summed E-state index contributed by atoms with van der Waals surface area (Å²) in [7, 11) is 0. The number of nitro groups is 1. The third-order valence-corrected chi connectivity index (χ3v) is 3.93. The summed E-state index contributed by atoms with van der Waals surface area (Å²) in [5, 5.41) is 23.2. The second-order valence-corrected chi connectivity index (χ2v) is 5.85. The molecule has 0 amide bonds. The van der Waals surface area contributed by atoms with Gasteiger partial charge in [0.2, 0.25) is 5.16 Å². The van der Waals surface area contributed by atoms with E-state index in [1.165, 1.54) is 12.3 Å². The Hall–Kier alpha value is -1.55. The number of pyridine rings is 1. The Morgan fingerprint density at radius 3 is 3.00 bits per heavy atom. The van der Waals surface area contributed by atoms with Gasteiger partial charge in [-0.3, -0.25) is 10.1 Å². The zero-order chi connectivity index (χ0) is 13.4. The topological polar surface area (TPSA) is 99.6 Å². The monoisotopic (exact) mass is 342 g/mol. The molecule has 19 heavy (non-hydrogen) atoms. The summed E-state index contributed by atoms with van der Waals surface area (Å²) in [6.45, 7) is 0. The Labute approximate surface area is 119 Å². The van der Waals surface area contributed by atoms with E-state index in [9.17, 15) is 10.1 Å². The molecule has 2 heterocycles. The van der Waals surface area contributed by atoms with Gasteiger partial charge in [0.05, 0.1) is 11.0 Å². The lowest BCUT2D eigenvalue weighted by Crippen LogP contribution is -2.00. The minimum Gasteiger partial charge on any atom is -0.258 e.